The molecule has 2 aromatic rings. The lowest BCUT2D eigenvalue weighted by molar-refractivity contribution is -0.121. The lowest BCUT2D eigenvalue weighted by Crippen LogP contribution is -2.38. The van der Waals surface area contributed by atoms with Crippen molar-refractivity contribution in [3.63, 3.8) is 0 Å². The van der Waals surface area contributed by atoms with E-state index >= 15 is 0 Å². The van der Waals surface area contributed by atoms with Crippen LogP contribution in [-0.2, 0) is 4.79 Å². The fourth-order valence-electron chi connectivity index (χ4n) is 3.89. The maximum Gasteiger partial charge on any atom is 0.233 e. The Morgan fingerprint density at radius 1 is 1.38 bits per heavy atom. The first-order chi connectivity index (χ1) is 14.0. The van der Waals surface area contributed by atoms with Crippen LogP contribution in [0, 0.1) is 19.3 Å². The Bertz CT molecular complexity index is 866. The minimum Gasteiger partial charge on any atom is -0.491 e. The summed E-state index contributed by atoms with van der Waals surface area (Å²) in [5, 5.41) is 10.4. The van der Waals surface area contributed by atoms with Crippen molar-refractivity contribution in [1.82, 2.24) is 10.5 Å². The standard InChI is InChI=1S/C22H28FN3O3/c1-14-20(15(2)29-26-14)18-11-16(25-21(27)22(13-23)8-9-22)6-7-19(18)28-12-17-5-3-4-10-24-17/h6-7,11,17,24H,3-5,8-10,12-13H2,1-2H3,(H,25,27). The maximum absolute atomic E-state index is 13.2. The summed E-state index contributed by atoms with van der Waals surface area (Å²) in [7, 11) is 0. The van der Waals surface area contributed by atoms with Gasteiger partial charge in [-0.2, -0.15) is 0 Å². The molecule has 0 spiro atoms. The number of carbonyl (C=O) groups excluding carboxylic acids is 1. The zero-order valence-corrected chi connectivity index (χ0v) is 17.0. The number of piperidine rings is 1. The van der Waals surface area contributed by atoms with Crippen molar-refractivity contribution in [3.05, 3.63) is 29.7 Å². The van der Waals surface area contributed by atoms with Gasteiger partial charge in [0.15, 0.2) is 0 Å². The second kappa shape index (κ2) is 8.14. The van der Waals surface area contributed by atoms with Crippen LogP contribution >= 0.6 is 0 Å². The monoisotopic (exact) mass is 401 g/mol. The Kier molecular flexibility index (Phi) is 5.58. The predicted molar refractivity (Wildman–Crippen MR) is 109 cm³/mol. The number of alkyl halides is 1. The number of ether oxygens (including phenoxy) is 1. The van der Waals surface area contributed by atoms with Gasteiger partial charge in [0.2, 0.25) is 5.91 Å². The molecule has 1 aromatic heterocycles. The van der Waals surface area contributed by atoms with Gasteiger partial charge in [0, 0.05) is 17.3 Å². The molecular formula is C22H28FN3O3. The third kappa shape index (κ3) is 4.15. The molecule has 1 aliphatic heterocycles. The fourth-order valence-corrected chi connectivity index (χ4v) is 3.89. The molecule has 0 radical (unpaired) electrons. The largest absolute Gasteiger partial charge is 0.491 e. The lowest BCUT2D eigenvalue weighted by atomic mass is 10.0. The minimum atomic E-state index is -0.842. The first-order valence-corrected chi connectivity index (χ1v) is 10.3. The average Bonchev–Trinajstić information content (AvgIpc) is 3.47. The number of benzene rings is 1. The van der Waals surface area contributed by atoms with E-state index in [4.69, 9.17) is 9.26 Å². The molecule has 1 amide bonds. The molecule has 0 bridgehead atoms. The molecule has 1 unspecified atom stereocenters. The van der Waals surface area contributed by atoms with Crippen molar-refractivity contribution in [3.8, 4) is 16.9 Å². The average molecular weight is 401 g/mol. The van der Waals surface area contributed by atoms with Crippen LogP contribution in [0.5, 0.6) is 5.75 Å². The Labute approximate surface area is 170 Å². The molecule has 2 N–H and O–H groups in total. The van der Waals surface area contributed by atoms with Crippen molar-refractivity contribution in [2.75, 3.05) is 25.1 Å². The smallest absolute Gasteiger partial charge is 0.233 e. The molecule has 4 rings (SSSR count). The summed E-state index contributed by atoms with van der Waals surface area (Å²) < 4.78 is 24.7. The highest BCUT2D eigenvalue weighted by Gasteiger charge is 2.50. The van der Waals surface area contributed by atoms with E-state index in [1.807, 2.05) is 26.0 Å². The van der Waals surface area contributed by atoms with Crippen LogP contribution < -0.4 is 15.4 Å². The highest BCUT2D eigenvalue weighted by molar-refractivity contribution is 5.98. The number of aryl methyl sites for hydroxylation is 2. The molecule has 1 atom stereocenters. The van der Waals surface area contributed by atoms with Gasteiger partial charge in [-0.1, -0.05) is 11.6 Å². The number of aromatic nitrogens is 1. The second-order valence-corrected chi connectivity index (χ2v) is 8.24. The van der Waals surface area contributed by atoms with Gasteiger partial charge in [0.25, 0.3) is 0 Å². The van der Waals surface area contributed by atoms with Gasteiger partial charge in [0.1, 0.15) is 24.8 Å². The molecule has 6 nitrogen and oxygen atoms in total. The van der Waals surface area contributed by atoms with Gasteiger partial charge in [-0.3, -0.25) is 4.79 Å². The number of carbonyl (C=O) groups is 1. The molecule has 1 saturated carbocycles. The fraction of sp³-hybridized carbons (Fsp3) is 0.545. The quantitative estimate of drug-likeness (QED) is 0.728. The molecule has 29 heavy (non-hydrogen) atoms. The molecule has 2 fully saturated rings. The molecule has 1 aliphatic carbocycles. The van der Waals surface area contributed by atoms with Crippen molar-refractivity contribution < 1.29 is 18.4 Å². The van der Waals surface area contributed by atoms with Gasteiger partial charge in [-0.05, 0) is 64.3 Å². The van der Waals surface area contributed by atoms with E-state index in [2.05, 4.69) is 15.8 Å². The van der Waals surface area contributed by atoms with E-state index in [1.165, 1.54) is 12.8 Å². The first kappa shape index (κ1) is 19.9. The summed E-state index contributed by atoms with van der Waals surface area (Å²) in [6.45, 7) is 4.71. The van der Waals surface area contributed by atoms with Crippen LogP contribution in [0.2, 0.25) is 0 Å². The Hall–Kier alpha value is -2.41. The zero-order valence-electron chi connectivity index (χ0n) is 17.0. The molecule has 156 valence electrons. The number of hydrogen-bond acceptors (Lipinski definition) is 5. The molecule has 7 heteroatoms. The summed E-state index contributed by atoms with van der Waals surface area (Å²) in [6.07, 6.45) is 4.71. The van der Waals surface area contributed by atoms with Crippen LogP contribution in [0.4, 0.5) is 10.1 Å². The van der Waals surface area contributed by atoms with Crippen molar-refractivity contribution >= 4 is 11.6 Å². The lowest BCUT2D eigenvalue weighted by Gasteiger charge is -2.24. The van der Waals surface area contributed by atoms with Gasteiger partial charge in [-0.15, -0.1) is 0 Å². The summed E-state index contributed by atoms with van der Waals surface area (Å²) in [4.78, 5) is 12.5. The van der Waals surface area contributed by atoms with E-state index in [0.717, 1.165) is 35.5 Å². The number of rotatable bonds is 7. The van der Waals surface area contributed by atoms with Crippen LogP contribution in [0.25, 0.3) is 11.1 Å². The van der Waals surface area contributed by atoms with Crippen molar-refractivity contribution in [2.24, 2.45) is 5.41 Å². The molecule has 1 saturated heterocycles. The number of anilines is 1. The van der Waals surface area contributed by atoms with Crippen molar-refractivity contribution in [1.29, 1.82) is 0 Å². The predicted octanol–water partition coefficient (Wildman–Crippen LogP) is 4.17. The minimum absolute atomic E-state index is 0.259. The van der Waals surface area contributed by atoms with Gasteiger partial charge in [0.05, 0.1) is 16.7 Å². The number of amides is 1. The van der Waals surface area contributed by atoms with Crippen molar-refractivity contribution in [2.45, 2.75) is 52.0 Å². The Morgan fingerprint density at radius 3 is 2.83 bits per heavy atom. The molecule has 2 aliphatic rings. The topological polar surface area (TPSA) is 76.4 Å². The molecule has 1 aromatic carbocycles. The molecule has 2 heterocycles. The Balaban J connectivity index is 1.59. The molecular weight excluding hydrogens is 373 g/mol. The summed E-state index contributed by atoms with van der Waals surface area (Å²) in [5.74, 6) is 1.15. The van der Waals surface area contributed by atoms with E-state index < -0.39 is 12.1 Å². The number of hydrogen-bond donors (Lipinski definition) is 2. The summed E-state index contributed by atoms with van der Waals surface area (Å²) in [6, 6.07) is 5.86. The van der Waals surface area contributed by atoms with Crippen LogP contribution in [0.1, 0.15) is 43.6 Å². The Morgan fingerprint density at radius 2 is 2.21 bits per heavy atom. The zero-order chi connectivity index (χ0) is 20.4. The normalized spacial score (nSPS) is 20.3. The SMILES string of the molecule is Cc1noc(C)c1-c1cc(NC(=O)C2(CF)CC2)ccc1OCC1CCCCN1. The van der Waals surface area contributed by atoms with E-state index in [0.29, 0.717) is 36.9 Å². The first-order valence-electron chi connectivity index (χ1n) is 10.3. The highest BCUT2D eigenvalue weighted by atomic mass is 19.1. The highest BCUT2D eigenvalue weighted by Crippen LogP contribution is 2.47. The summed E-state index contributed by atoms with van der Waals surface area (Å²) >= 11 is 0. The third-order valence-corrected chi connectivity index (χ3v) is 5.98. The maximum atomic E-state index is 13.2. The number of nitrogens with zero attached hydrogens (tertiary/aromatic N) is 1. The number of nitrogens with one attached hydrogen (secondary N) is 2. The van der Waals surface area contributed by atoms with E-state index in [1.54, 1.807) is 6.07 Å². The van der Waals surface area contributed by atoms with Gasteiger partial charge in [-0.25, -0.2) is 4.39 Å². The van der Waals surface area contributed by atoms with E-state index in [9.17, 15) is 9.18 Å². The number of halogens is 1. The van der Waals surface area contributed by atoms with Crippen LogP contribution in [0.15, 0.2) is 22.7 Å². The second-order valence-electron chi connectivity index (χ2n) is 8.24. The van der Waals surface area contributed by atoms with Crippen LogP contribution in [0.3, 0.4) is 0 Å². The van der Waals surface area contributed by atoms with Crippen LogP contribution in [-0.4, -0.2) is 36.9 Å². The van der Waals surface area contributed by atoms with Gasteiger partial charge >= 0.3 is 0 Å². The van der Waals surface area contributed by atoms with Gasteiger partial charge < -0.3 is 19.9 Å². The third-order valence-electron chi connectivity index (χ3n) is 5.98. The summed E-state index contributed by atoms with van der Waals surface area (Å²) in [5.41, 5.74) is 2.21. The van der Waals surface area contributed by atoms with E-state index in [-0.39, 0.29) is 5.91 Å².